The molecule has 0 radical (unpaired) electrons. The number of fused-ring (bicyclic) bond motifs is 2. The highest BCUT2D eigenvalue weighted by molar-refractivity contribution is 5.77. The number of hydrogen-bond acceptors (Lipinski definition) is 3. The van der Waals surface area contributed by atoms with Gasteiger partial charge in [0.1, 0.15) is 11.6 Å². The summed E-state index contributed by atoms with van der Waals surface area (Å²) in [6, 6.07) is 16.2. The Morgan fingerprint density at radius 1 is 0.792 bits per heavy atom. The zero-order valence-corrected chi connectivity index (χ0v) is 14.3. The normalized spacial score (nSPS) is 12.3. The van der Waals surface area contributed by atoms with Crippen LogP contribution in [0.1, 0.15) is 18.6 Å². The van der Waals surface area contributed by atoms with Crippen molar-refractivity contribution in [1.82, 2.24) is 19.1 Å². The Balaban J connectivity index is 2.00. The van der Waals surface area contributed by atoms with Gasteiger partial charge in [-0.2, -0.15) is 0 Å². The minimum Gasteiger partial charge on any atom is -0.363 e. The van der Waals surface area contributed by atoms with Gasteiger partial charge in [-0.1, -0.05) is 24.3 Å². The van der Waals surface area contributed by atoms with E-state index in [4.69, 9.17) is 14.7 Å². The van der Waals surface area contributed by atoms with Crippen LogP contribution in [-0.2, 0) is 24.4 Å². The van der Waals surface area contributed by atoms with Gasteiger partial charge in [0.05, 0.1) is 22.1 Å². The molecule has 2 aromatic carbocycles. The lowest BCUT2D eigenvalue weighted by Crippen LogP contribution is -2.32. The summed E-state index contributed by atoms with van der Waals surface area (Å²) in [5, 5.41) is 0. The number of ether oxygens (including phenoxy) is 1. The zero-order valence-electron chi connectivity index (χ0n) is 14.3. The molecule has 0 fully saturated rings. The second kappa shape index (κ2) is 5.18. The molecule has 0 aliphatic rings. The van der Waals surface area contributed by atoms with Crippen molar-refractivity contribution in [2.45, 2.75) is 12.5 Å². The van der Waals surface area contributed by atoms with Crippen molar-refractivity contribution in [2.75, 3.05) is 7.11 Å². The number of hydrogen-bond donors (Lipinski definition) is 0. The largest absolute Gasteiger partial charge is 0.363 e. The highest BCUT2D eigenvalue weighted by Gasteiger charge is 2.38. The fraction of sp³-hybridized carbons (Fsp3) is 0.263. The van der Waals surface area contributed by atoms with Gasteiger partial charge < -0.3 is 13.9 Å². The van der Waals surface area contributed by atoms with Crippen molar-refractivity contribution in [3.8, 4) is 0 Å². The summed E-state index contributed by atoms with van der Waals surface area (Å²) in [6.45, 7) is 2.02. The van der Waals surface area contributed by atoms with E-state index in [2.05, 4.69) is 21.3 Å². The first-order valence-corrected chi connectivity index (χ1v) is 7.95. The molecule has 0 spiro atoms. The molecular formula is C19H20N4O. The van der Waals surface area contributed by atoms with Gasteiger partial charge in [0.15, 0.2) is 5.60 Å². The fourth-order valence-electron chi connectivity index (χ4n) is 3.43. The monoisotopic (exact) mass is 320 g/mol. The number of aryl methyl sites for hydroxylation is 2. The molecule has 5 nitrogen and oxygen atoms in total. The number of benzene rings is 2. The summed E-state index contributed by atoms with van der Waals surface area (Å²) in [5.41, 5.74) is 3.32. The smallest absolute Gasteiger partial charge is 0.180 e. The Morgan fingerprint density at radius 3 is 1.58 bits per heavy atom. The quantitative estimate of drug-likeness (QED) is 0.581. The van der Waals surface area contributed by atoms with E-state index < -0.39 is 5.60 Å². The average molecular weight is 320 g/mol. The summed E-state index contributed by atoms with van der Waals surface area (Å²) < 4.78 is 10.1. The van der Waals surface area contributed by atoms with Crippen molar-refractivity contribution in [3.05, 3.63) is 60.2 Å². The third-order valence-corrected chi connectivity index (χ3v) is 4.84. The second-order valence-corrected chi connectivity index (χ2v) is 6.20. The van der Waals surface area contributed by atoms with Crippen LogP contribution in [0.2, 0.25) is 0 Å². The molecule has 5 heteroatoms. The molecule has 0 amide bonds. The Labute approximate surface area is 140 Å². The van der Waals surface area contributed by atoms with Crippen LogP contribution >= 0.6 is 0 Å². The predicted molar refractivity (Wildman–Crippen MR) is 94.9 cm³/mol. The first-order chi connectivity index (χ1) is 11.6. The van der Waals surface area contributed by atoms with Gasteiger partial charge in [0.25, 0.3) is 0 Å². The Hall–Kier alpha value is -2.66. The molecule has 2 aromatic heterocycles. The number of nitrogens with zero attached hydrogens (tertiary/aromatic N) is 4. The van der Waals surface area contributed by atoms with Gasteiger partial charge in [-0.05, 0) is 31.2 Å². The Kier molecular flexibility index (Phi) is 3.21. The van der Waals surface area contributed by atoms with Gasteiger partial charge in [-0.25, -0.2) is 9.97 Å². The van der Waals surface area contributed by atoms with Crippen molar-refractivity contribution < 1.29 is 4.74 Å². The first-order valence-electron chi connectivity index (χ1n) is 7.95. The maximum atomic E-state index is 5.96. The Bertz CT molecular complexity index is 964. The third kappa shape index (κ3) is 1.91. The third-order valence-electron chi connectivity index (χ3n) is 4.84. The topological polar surface area (TPSA) is 44.9 Å². The van der Waals surface area contributed by atoms with Crippen LogP contribution in [0.3, 0.4) is 0 Å². The lowest BCUT2D eigenvalue weighted by atomic mass is 10.0. The fourth-order valence-corrected chi connectivity index (χ4v) is 3.43. The van der Waals surface area contributed by atoms with E-state index in [1.165, 1.54) is 0 Å². The van der Waals surface area contributed by atoms with E-state index in [9.17, 15) is 0 Å². The van der Waals surface area contributed by atoms with Gasteiger partial charge in [0, 0.05) is 21.2 Å². The van der Waals surface area contributed by atoms with Crippen LogP contribution in [0.25, 0.3) is 22.1 Å². The molecule has 0 aliphatic carbocycles. The predicted octanol–water partition coefficient (Wildman–Crippen LogP) is 3.37. The van der Waals surface area contributed by atoms with Gasteiger partial charge in [-0.15, -0.1) is 0 Å². The molecule has 0 N–H and O–H groups in total. The lowest BCUT2D eigenvalue weighted by molar-refractivity contribution is 0.0201. The van der Waals surface area contributed by atoms with E-state index in [0.717, 1.165) is 33.7 Å². The van der Waals surface area contributed by atoms with E-state index in [0.29, 0.717) is 0 Å². The summed E-state index contributed by atoms with van der Waals surface area (Å²) in [7, 11) is 5.74. The van der Waals surface area contributed by atoms with Crippen LogP contribution in [0, 0.1) is 0 Å². The molecular weight excluding hydrogens is 300 g/mol. The van der Waals surface area contributed by atoms with Crippen molar-refractivity contribution in [3.63, 3.8) is 0 Å². The average Bonchev–Trinajstić information content (AvgIpc) is 3.14. The summed E-state index contributed by atoms with van der Waals surface area (Å²) in [6.07, 6.45) is 0. The molecule has 24 heavy (non-hydrogen) atoms. The molecule has 0 unspecified atom stereocenters. The minimum atomic E-state index is -0.748. The van der Waals surface area contributed by atoms with Gasteiger partial charge >= 0.3 is 0 Å². The minimum absolute atomic E-state index is 0.748. The number of methoxy groups -OCH3 is 1. The molecule has 122 valence electrons. The standard InChI is InChI=1S/C19H20N4O/c1-19(24-4,17-20-13-9-5-7-11-15(13)22(17)2)18-21-14-10-6-8-12-16(14)23(18)3/h5-12H,1-4H3. The van der Waals surface area contributed by atoms with E-state index in [-0.39, 0.29) is 0 Å². The van der Waals surface area contributed by atoms with E-state index >= 15 is 0 Å². The maximum Gasteiger partial charge on any atom is 0.180 e. The van der Waals surface area contributed by atoms with Crippen LogP contribution in [0.5, 0.6) is 0 Å². The molecule has 4 aromatic rings. The SMILES string of the molecule is COC(C)(c1nc2ccccc2n1C)c1nc2ccccc2n1C. The van der Waals surface area contributed by atoms with Gasteiger partial charge in [0.2, 0.25) is 0 Å². The number of imidazole rings is 2. The summed E-state index contributed by atoms with van der Waals surface area (Å²) in [5.74, 6) is 1.68. The number of aromatic nitrogens is 4. The van der Waals surface area contributed by atoms with Crippen molar-refractivity contribution in [2.24, 2.45) is 14.1 Å². The second-order valence-electron chi connectivity index (χ2n) is 6.20. The lowest BCUT2D eigenvalue weighted by Gasteiger charge is -2.27. The van der Waals surface area contributed by atoms with Crippen molar-refractivity contribution in [1.29, 1.82) is 0 Å². The molecule has 4 rings (SSSR count). The molecule has 0 atom stereocenters. The van der Waals surface area contributed by atoms with E-state index in [1.54, 1.807) is 7.11 Å². The van der Waals surface area contributed by atoms with E-state index in [1.807, 2.05) is 57.4 Å². The molecule has 0 bridgehead atoms. The van der Waals surface area contributed by atoms with Crippen LogP contribution < -0.4 is 0 Å². The van der Waals surface area contributed by atoms with Crippen LogP contribution in [0.4, 0.5) is 0 Å². The first kappa shape index (κ1) is 14.9. The zero-order chi connectivity index (χ0) is 16.9. The summed E-state index contributed by atoms with van der Waals surface area (Å²) in [4.78, 5) is 9.65. The molecule has 0 saturated heterocycles. The summed E-state index contributed by atoms with van der Waals surface area (Å²) >= 11 is 0. The van der Waals surface area contributed by atoms with Gasteiger partial charge in [-0.3, -0.25) is 0 Å². The highest BCUT2D eigenvalue weighted by atomic mass is 16.5. The molecule has 0 aliphatic heterocycles. The number of rotatable bonds is 3. The van der Waals surface area contributed by atoms with Crippen LogP contribution in [0.15, 0.2) is 48.5 Å². The molecule has 0 saturated carbocycles. The van der Waals surface area contributed by atoms with Crippen molar-refractivity contribution >= 4 is 22.1 Å². The maximum absolute atomic E-state index is 5.96. The number of para-hydroxylation sites is 4. The Morgan fingerprint density at radius 2 is 1.21 bits per heavy atom. The van der Waals surface area contributed by atoms with Crippen LogP contribution in [-0.4, -0.2) is 26.2 Å². The molecule has 2 heterocycles. The highest BCUT2D eigenvalue weighted by Crippen LogP contribution is 2.34.